The number of rotatable bonds is 4. The summed E-state index contributed by atoms with van der Waals surface area (Å²) in [5.41, 5.74) is 5.11. The van der Waals surface area contributed by atoms with Gasteiger partial charge in [0.2, 0.25) is 0 Å². The maximum atomic E-state index is 9.60. The first-order valence-electron chi connectivity index (χ1n) is 5.66. The van der Waals surface area contributed by atoms with Crippen LogP contribution in [0.15, 0.2) is 0 Å². The fourth-order valence-electron chi connectivity index (χ4n) is 1.88. The number of aliphatic hydroxyl groups is 1. The van der Waals surface area contributed by atoms with Gasteiger partial charge in [-0.2, -0.15) is 0 Å². The van der Waals surface area contributed by atoms with Crippen LogP contribution in [-0.4, -0.2) is 41.8 Å². The Balaban J connectivity index is 2.16. The first-order valence-corrected chi connectivity index (χ1v) is 5.66. The van der Waals surface area contributed by atoms with Crippen molar-refractivity contribution in [2.45, 2.75) is 38.7 Å². The molecule has 0 aliphatic carbocycles. The Labute approximate surface area is 87.3 Å². The predicted octanol–water partition coefficient (Wildman–Crippen LogP) is 0.818. The molecule has 0 aromatic rings. The number of hydrogen-bond donors (Lipinski definition) is 2. The summed E-state index contributed by atoms with van der Waals surface area (Å²) < 4.78 is 0. The van der Waals surface area contributed by atoms with E-state index in [4.69, 9.17) is 5.73 Å². The lowest BCUT2D eigenvalue weighted by Crippen LogP contribution is -2.38. The summed E-state index contributed by atoms with van der Waals surface area (Å²) in [7, 11) is 0. The van der Waals surface area contributed by atoms with E-state index in [9.17, 15) is 5.11 Å². The van der Waals surface area contributed by atoms with Gasteiger partial charge in [0.25, 0.3) is 0 Å². The summed E-state index contributed by atoms with van der Waals surface area (Å²) in [5.74, 6) is 0.730. The van der Waals surface area contributed by atoms with Crippen LogP contribution in [0.25, 0.3) is 0 Å². The molecule has 0 aromatic carbocycles. The third-order valence-electron chi connectivity index (χ3n) is 3.08. The van der Waals surface area contributed by atoms with E-state index in [0.29, 0.717) is 0 Å². The molecular weight excluding hydrogens is 176 g/mol. The van der Waals surface area contributed by atoms with Crippen LogP contribution in [0.2, 0.25) is 0 Å². The molecule has 1 rings (SSSR count). The van der Waals surface area contributed by atoms with E-state index in [-0.39, 0.29) is 0 Å². The summed E-state index contributed by atoms with van der Waals surface area (Å²) in [4.78, 5) is 2.43. The van der Waals surface area contributed by atoms with E-state index < -0.39 is 5.60 Å². The van der Waals surface area contributed by atoms with Crippen molar-refractivity contribution in [3.05, 3.63) is 0 Å². The summed E-state index contributed by atoms with van der Waals surface area (Å²) in [5, 5.41) is 9.60. The molecule has 1 aliphatic heterocycles. The molecule has 3 heteroatoms. The summed E-state index contributed by atoms with van der Waals surface area (Å²) in [6, 6.07) is 0. The van der Waals surface area contributed by atoms with E-state index in [1.807, 2.05) is 13.8 Å². The Morgan fingerprint density at radius 2 is 1.93 bits per heavy atom. The van der Waals surface area contributed by atoms with Crippen molar-refractivity contribution >= 4 is 0 Å². The van der Waals surface area contributed by atoms with E-state index in [2.05, 4.69) is 4.90 Å². The third-order valence-corrected chi connectivity index (χ3v) is 3.08. The number of nitrogens with zero attached hydrogens (tertiary/aromatic N) is 1. The van der Waals surface area contributed by atoms with Crippen LogP contribution in [0, 0.1) is 5.92 Å². The summed E-state index contributed by atoms with van der Waals surface area (Å²) in [6.45, 7) is 7.90. The predicted molar refractivity (Wildman–Crippen MR) is 59.1 cm³/mol. The minimum atomic E-state index is -0.523. The zero-order valence-electron chi connectivity index (χ0n) is 9.50. The smallest absolute Gasteiger partial charge is 0.0603 e. The van der Waals surface area contributed by atoms with Crippen LogP contribution >= 0.6 is 0 Å². The van der Waals surface area contributed by atoms with Crippen molar-refractivity contribution in [1.82, 2.24) is 4.90 Å². The average Bonchev–Trinajstić information content (AvgIpc) is 2.14. The lowest BCUT2D eigenvalue weighted by molar-refractivity contribution is 0.0523. The van der Waals surface area contributed by atoms with Gasteiger partial charge in [0.15, 0.2) is 0 Å². The summed E-state index contributed by atoms with van der Waals surface area (Å²) in [6.07, 6.45) is 3.31. The lowest BCUT2D eigenvalue weighted by atomic mass is 9.96. The molecule has 1 heterocycles. The van der Waals surface area contributed by atoms with Gasteiger partial charge in [-0.3, -0.25) is 0 Å². The molecule has 0 bridgehead atoms. The fourth-order valence-corrected chi connectivity index (χ4v) is 1.88. The van der Waals surface area contributed by atoms with Crippen molar-refractivity contribution in [2.24, 2.45) is 11.7 Å². The van der Waals surface area contributed by atoms with Crippen molar-refractivity contribution < 1.29 is 5.11 Å². The normalized spacial score (nSPS) is 21.4. The largest absolute Gasteiger partial charge is 0.390 e. The Kier molecular flexibility index (Phi) is 4.35. The van der Waals surface area contributed by atoms with Gasteiger partial charge in [-0.15, -0.1) is 0 Å². The topological polar surface area (TPSA) is 49.5 Å². The number of hydrogen-bond acceptors (Lipinski definition) is 3. The van der Waals surface area contributed by atoms with Crippen LogP contribution in [0.3, 0.4) is 0 Å². The van der Waals surface area contributed by atoms with Crippen LogP contribution in [0.5, 0.6) is 0 Å². The van der Waals surface area contributed by atoms with Gasteiger partial charge in [0, 0.05) is 6.54 Å². The molecule has 0 atom stereocenters. The van der Waals surface area contributed by atoms with Crippen LogP contribution in [0.4, 0.5) is 0 Å². The minimum absolute atomic E-state index is 0.523. The second-order valence-electron chi connectivity index (χ2n) is 5.08. The van der Waals surface area contributed by atoms with E-state index in [1.165, 1.54) is 12.8 Å². The highest BCUT2D eigenvalue weighted by Crippen LogP contribution is 2.17. The highest BCUT2D eigenvalue weighted by atomic mass is 16.3. The second kappa shape index (κ2) is 5.10. The Hall–Kier alpha value is -0.120. The Morgan fingerprint density at radius 1 is 1.36 bits per heavy atom. The van der Waals surface area contributed by atoms with Crippen molar-refractivity contribution in [3.8, 4) is 0 Å². The van der Waals surface area contributed by atoms with Gasteiger partial charge in [-0.25, -0.2) is 0 Å². The van der Waals surface area contributed by atoms with Gasteiger partial charge < -0.3 is 15.7 Å². The molecule has 0 aromatic heterocycles. The number of piperidine rings is 1. The first kappa shape index (κ1) is 12.0. The van der Waals surface area contributed by atoms with Crippen LogP contribution in [0.1, 0.15) is 33.1 Å². The number of nitrogens with two attached hydrogens (primary N) is 1. The molecule has 1 aliphatic rings. The molecule has 1 fully saturated rings. The zero-order chi connectivity index (χ0) is 10.6. The molecule has 0 saturated carbocycles. The van der Waals surface area contributed by atoms with Crippen LogP contribution in [-0.2, 0) is 0 Å². The van der Waals surface area contributed by atoms with Crippen molar-refractivity contribution in [3.63, 3.8) is 0 Å². The van der Waals surface area contributed by atoms with Crippen LogP contribution < -0.4 is 5.73 Å². The Bertz CT molecular complexity index is 157. The van der Waals surface area contributed by atoms with Gasteiger partial charge in [-0.1, -0.05) is 0 Å². The molecular formula is C11H24N2O. The fraction of sp³-hybridized carbons (Fsp3) is 1.00. The SMILES string of the molecule is CC(C)(O)CCN1CCC(CN)CC1. The molecule has 3 N–H and O–H groups in total. The maximum Gasteiger partial charge on any atom is 0.0603 e. The highest BCUT2D eigenvalue weighted by Gasteiger charge is 2.20. The molecule has 0 unspecified atom stereocenters. The molecule has 3 nitrogen and oxygen atoms in total. The second-order valence-corrected chi connectivity index (χ2v) is 5.08. The minimum Gasteiger partial charge on any atom is -0.390 e. The van der Waals surface area contributed by atoms with Crippen molar-refractivity contribution in [2.75, 3.05) is 26.2 Å². The van der Waals surface area contributed by atoms with E-state index in [0.717, 1.165) is 38.5 Å². The standard InChI is InChI=1S/C11H24N2O/c1-11(2,14)5-8-13-6-3-10(9-12)4-7-13/h10,14H,3-9,12H2,1-2H3. The molecule has 1 saturated heterocycles. The maximum absolute atomic E-state index is 9.60. The van der Waals surface area contributed by atoms with Gasteiger partial charge in [0.05, 0.1) is 5.60 Å². The molecule has 14 heavy (non-hydrogen) atoms. The van der Waals surface area contributed by atoms with E-state index >= 15 is 0 Å². The molecule has 0 amide bonds. The monoisotopic (exact) mass is 200 g/mol. The van der Waals surface area contributed by atoms with Crippen molar-refractivity contribution in [1.29, 1.82) is 0 Å². The van der Waals surface area contributed by atoms with Gasteiger partial charge in [-0.05, 0) is 58.7 Å². The van der Waals surface area contributed by atoms with E-state index in [1.54, 1.807) is 0 Å². The van der Waals surface area contributed by atoms with Gasteiger partial charge in [0.1, 0.15) is 0 Å². The number of likely N-dealkylation sites (tertiary alicyclic amines) is 1. The Morgan fingerprint density at radius 3 is 2.36 bits per heavy atom. The lowest BCUT2D eigenvalue weighted by Gasteiger charge is -2.32. The average molecular weight is 200 g/mol. The summed E-state index contributed by atoms with van der Waals surface area (Å²) >= 11 is 0. The first-order chi connectivity index (χ1) is 6.51. The third kappa shape index (κ3) is 4.40. The molecule has 84 valence electrons. The molecule has 0 spiro atoms. The highest BCUT2D eigenvalue weighted by molar-refractivity contribution is 4.75. The molecule has 0 radical (unpaired) electrons. The zero-order valence-corrected chi connectivity index (χ0v) is 9.50. The quantitative estimate of drug-likeness (QED) is 0.706. The van der Waals surface area contributed by atoms with Gasteiger partial charge >= 0.3 is 0 Å².